The fourth-order valence-corrected chi connectivity index (χ4v) is 2.17. The number of hydrogen-bond acceptors (Lipinski definition) is 3. The minimum atomic E-state index is -0.805. The van der Waals surface area contributed by atoms with E-state index in [1.165, 1.54) is 32.1 Å². The van der Waals surface area contributed by atoms with E-state index >= 15 is 0 Å². The fraction of sp³-hybridized carbons (Fsp3) is 0.923. The number of unbranched alkanes of at least 4 members (excludes halogenated alkanes) is 5. The van der Waals surface area contributed by atoms with E-state index in [9.17, 15) is 4.79 Å². The molecule has 1 aliphatic rings. The maximum absolute atomic E-state index is 11.0. The molecule has 0 bridgehead atoms. The molecule has 0 unspecified atom stereocenters. The van der Waals surface area contributed by atoms with Gasteiger partial charge in [0.2, 0.25) is 0 Å². The summed E-state index contributed by atoms with van der Waals surface area (Å²) in [7, 11) is 0. The van der Waals surface area contributed by atoms with Crippen LogP contribution in [0.4, 0.5) is 0 Å². The van der Waals surface area contributed by atoms with Gasteiger partial charge in [0.15, 0.2) is 0 Å². The summed E-state index contributed by atoms with van der Waals surface area (Å²) in [6.45, 7) is 2.73. The van der Waals surface area contributed by atoms with Crippen molar-refractivity contribution in [2.75, 3.05) is 13.4 Å². The highest BCUT2D eigenvalue weighted by Crippen LogP contribution is 2.21. The van der Waals surface area contributed by atoms with Crippen molar-refractivity contribution < 1.29 is 19.4 Å². The van der Waals surface area contributed by atoms with Crippen molar-refractivity contribution in [2.24, 2.45) is 5.92 Å². The smallest absolute Gasteiger partial charge is 0.311 e. The van der Waals surface area contributed by atoms with Gasteiger partial charge in [-0.25, -0.2) is 0 Å². The van der Waals surface area contributed by atoms with E-state index in [1.807, 2.05) is 0 Å². The summed E-state index contributed by atoms with van der Waals surface area (Å²) in [5.41, 5.74) is 0. The Hall–Kier alpha value is -0.610. The van der Waals surface area contributed by atoms with Crippen LogP contribution in [0.1, 0.15) is 51.9 Å². The second-order valence-electron chi connectivity index (χ2n) is 4.69. The molecule has 1 N–H and O–H groups in total. The lowest BCUT2D eigenvalue weighted by Crippen LogP contribution is -2.39. The summed E-state index contributed by atoms with van der Waals surface area (Å²) < 4.78 is 10.4. The molecular weight excluding hydrogens is 220 g/mol. The highest BCUT2D eigenvalue weighted by Gasteiger charge is 2.31. The van der Waals surface area contributed by atoms with Crippen LogP contribution in [-0.2, 0) is 14.3 Å². The van der Waals surface area contributed by atoms with Crippen molar-refractivity contribution in [2.45, 2.75) is 58.0 Å². The zero-order valence-electron chi connectivity index (χ0n) is 10.7. The number of ether oxygens (including phenoxy) is 2. The van der Waals surface area contributed by atoms with E-state index in [1.54, 1.807) is 0 Å². The summed E-state index contributed by atoms with van der Waals surface area (Å²) in [6, 6.07) is 0. The average molecular weight is 244 g/mol. The van der Waals surface area contributed by atoms with Crippen LogP contribution in [0.5, 0.6) is 0 Å². The molecule has 0 spiro atoms. The van der Waals surface area contributed by atoms with Crippen molar-refractivity contribution >= 4 is 5.97 Å². The van der Waals surface area contributed by atoms with E-state index < -0.39 is 11.9 Å². The average Bonchev–Trinajstić information content (AvgIpc) is 2.34. The molecule has 0 aromatic heterocycles. The lowest BCUT2D eigenvalue weighted by atomic mass is 9.97. The molecule has 4 heteroatoms. The Balaban J connectivity index is 2.13. The standard InChI is InChI=1S/C13H24O4/c1-2-3-4-5-6-7-8-12-11(13(14)15)9-16-10-17-12/h11-12H,2-10H2,1H3,(H,14,15)/t11-,12+/m1/s1. The fourth-order valence-electron chi connectivity index (χ4n) is 2.17. The van der Waals surface area contributed by atoms with Crippen LogP contribution in [-0.4, -0.2) is 30.6 Å². The molecule has 0 radical (unpaired) electrons. The Kier molecular flexibility index (Phi) is 7.21. The van der Waals surface area contributed by atoms with Gasteiger partial charge in [-0.2, -0.15) is 0 Å². The summed E-state index contributed by atoms with van der Waals surface area (Å²) in [5, 5.41) is 9.02. The zero-order chi connectivity index (χ0) is 12.5. The molecule has 1 rings (SSSR count). The van der Waals surface area contributed by atoms with Gasteiger partial charge in [-0.1, -0.05) is 45.4 Å². The molecule has 1 fully saturated rings. The van der Waals surface area contributed by atoms with Gasteiger partial charge in [0.25, 0.3) is 0 Å². The first-order valence-electron chi connectivity index (χ1n) is 6.68. The molecule has 1 aliphatic heterocycles. The number of aliphatic carboxylic acids is 1. The Bertz CT molecular complexity index is 217. The SMILES string of the molecule is CCCCCCCC[C@@H]1OCOC[C@H]1C(=O)O. The molecular formula is C13H24O4. The largest absolute Gasteiger partial charge is 0.481 e. The van der Waals surface area contributed by atoms with Crippen LogP contribution < -0.4 is 0 Å². The third kappa shape index (κ3) is 5.50. The molecule has 1 saturated heterocycles. The van der Waals surface area contributed by atoms with Crippen LogP contribution in [0.3, 0.4) is 0 Å². The number of carboxylic acids is 1. The normalized spacial score (nSPS) is 24.8. The van der Waals surface area contributed by atoms with E-state index in [4.69, 9.17) is 14.6 Å². The number of rotatable bonds is 8. The van der Waals surface area contributed by atoms with Crippen LogP contribution in [0.2, 0.25) is 0 Å². The second-order valence-corrected chi connectivity index (χ2v) is 4.69. The molecule has 0 amide bonds. The molecule has 4 nitrogen and oxygen atoms in total. The molecule has 2 atom stereocenters. The summed E-state index contributed by atoms with van der Waals surface area (Å²) in [5.74, 6) is -1.29. The minimum Gasteiger partial charge on any atom is -0.481 e. The van der Waals surface area contributed by atoms with Crippen molar-refractivity contribution in [1.29, 1.82) is 0 Å². The van der Waals surface area contributed by atoms with Crippen molar-refractivity contribution in [3.05, 3.63) is 0 Å². The molecule has 0 aromatic rings. The lowest BCUT2D eigenvalue weighted by molar-refractivity contribution is -0.189. The summed E-state index contributed by atoms with van der Waals surface area (Å²) >= 11 is 0. The third-order valence-corrected chi connectivity index (χ3v) is 3.27. The zero-order valence-corrected chi connectivity index (χ0v) is 10.7. The second kappa shape index (κ2) is 8.48. The van der Waals surface area contributed by atoms with Crippen LogP contribution in [0, 0.1) is 5.92 Å². The maximum Gasteiger partial charge on any atom is 0.311 e. The van der Waals surface area contributed by atoms with E-state index in [0.29, 0.717) is 0 Å². The van der Waals surface area contributed by atoms with E-state index in [2.05, 4.69) is 6.92 Å². The number of hydrogen-bond donors (Lipinski definition) is 1. The van der Waals surface area contributed by atoms with Gasteiger partial charge in [-0.3, -0.25) is 4.79 Å². The number of carboxylic acid groups (broad SMARTS) is 1. The molecule has 0 aromatic carbocycles. The minimum absolute atomic E-state index is 0.160. The van der Waals surface area contributed by atoms with Gasteiger partial charge in [-0.05, 0) is 6.42 Å². The summed E-state index contributed by atoms with van der Waals surface area (Å²) in [6.07, 6.45) is 7.99. The van der Waals surface area contributed by atoms with Crippen molar-refractivity contribution in [3.8, 4) is 0 Å². The quantitative estimate of drug-likeness (QED) is 0.667. The molecule has 0 aliphatic carbocycles. The molecule has 0 saturated carbocycles. The summed E-state index contributed by atoms with van der Waals surface area (Å²) in [4.78, 5) is 11.0. The lowest BCUT2D eigenvalue weighted by Gasteiger charge is -2.28. The Morgan fingerprint density at radius 2 is 1.94 bits per heavy atom. The Morgan fingerprint density at radius 3 is 2.65 bits per heavy atom. The third-order valence-electron chi connectivity index (χ3n) is 3.27. The number of carbonyl (C=O) groups is 1. The molecule has 1 heterocycles. The molecule has 17 heavy (non-hydrogen) atoms. The van der Waals surface area contributed by atoms with Gasteiger partial charge >= 0.3 is 5.97 Å². The predicted octanol–water partition coefficient (Wildman–Crippen LogP) is 2.81. The van der Waals surface area contributed by atoms with Crippen molar-refractivity contribution in [1.82, 2.24) is 0 Å². The first-order valence-corrected chi connectivity index (χ1v) is 6.68. The van der Waals surface area contributed by atoms with Gasteiger partial charge < -0.3 is 14.6 Å². The molecule has 100 valence electrons. The van der Waals surface area contributed by atoms with E-state index in [0.717, 1.165) is 12.8 Å². The van der Waals surface area contributed by atoms with Crippen molar-refractivity contribution in [3.63, 3.8) is 0 Å². The van der Waals surface area contributed by atoms with Gasteiger partial charge in [0.1, 0.15) is 12.7 Å². The van der Waals surface area contributed by atoms with Crippen LogP contribution in [0.15, 0.2) is 0 Å². The highest BCUT2D eigenvalue weighted by atomic mass is 16.7. The predicted molar refractivity (Wildman–Crippen MR) is 64.8 cm³/mol. The Labute approximate surface area is 103 Å². The topological polar surface area (TPSA) is 55.8 Å². The maximum atomic E-state index is 11.0. The highest BCUT2D eigenvalue weighted by molar-refractivity contribution is 5.70. The van der Waals surface area contributed by atoms with E-state index in [-0.39, 0.29) is 19.5 Å². The van der Waals surface area contributed by atoms with Gasteiger partial charge in [0.05, 0.1) is 12.7 Å². The monoisotopic (exact) mass is 244 g/mol. The first kappa shape index (κ1) is 14.5. The van der Waals surface area contributed by atoms with Crippen LogP contribution in [0.25, 0.3) is 0 Å². The first-order chi connectivity index (χ1) is 8.25. The van der Waals surface area contributed by atoms with Gasteiger partial charge in [-0.15, -0.1) is 0 Å². The van der Waals surface area contributed by atoms with Gasteiger partial charge in [0, 0.05) is 0 Å². The van der Waals surface area contributed by atoms with Crippen LogP contribution >= 0.6 is 0 Å². The Morgan fingerprint density at radius 1 is 1.24 bits per heavy atom.